The SMILES string of the molecule is CCCCCCCCC(CCCCCCCC)OC(=O)CCCCCCCC(=O)O[C@@H](COC(=O)CCCCCCC(=O)OC(CCCCCCCC)CCCCCCCC)COP1(=O)OCCO1. The molecule has 0 aromatic rings. The lowest BCUT2D eigenvalue weighted by Crippen LogP contribution is -2.29. The topological polar surface area (TPSA) is 150 Å². The molecule has 406 valence electrons. The molecule has 13 heteroatoms. The fourth-order valence-electron chi connectivity index (χ4n) is 8.79. The minimum absolute atomic E-state index is 0.00886. The zero-order valence-corrected chi connectivity index (χ0v) is 45.8. The minimum atomic E-state index is -3.75. The predicted octanol–water partition coefficient (Wildman–Crippen LogP) is 16.5. The van der Waals surface area contributed by atoms with E-state index >= 15 is 0 Å². The first-order chi connectivity index (χ1) is 33.6. The second kappa shape index (κ2) is 47.0. The van der Waals surface area contributed by atoms with Gasteiger partial charge in [-0.2, -0.15) is 0 Å². The lowest BCUT2D eigenvalue weighted by molar-refractivity contribution is -0.161. The van der Waals surface area contributed by atoms with E-state index in [-0.39, 0.29) is 63.4 Å². The Morgan fingerprint density at radius 3 is 0.971 bits per heavy atom. The maximum absolute atomic E-state index is 12.9. The van der Waals surface area contributed by atoms with Gasteiger partial charge >= 0.3 is 31.7 Å². The molecular weight excluding hydrogens is 896 g/mol. The van der Waals surface area contributed by atoms with Gasteiger partial charge < -0.3 is 18.9 Å². The van der Waals surface area contributed by atoms with Gasteiger partial charge in [-0.3, -0.25) is 32.7 Å². The highest BCUT2D eigenvalue weighted by Gasteiger charge is 2.34. The third-order valence-electron chi connectivity index (χ3n) is 13.1. The molecule has 1 rings (SSSR count). The Kier molecular flexibility index (Phi) is 44.3. The molecule has 1 aliphatic rings. The molecule has 1 heterocycles. The van der Waals surface area contributed by atoms with Crippen LogP contribution in [0.2, 0.25) is 0 Å². The maximum atomic E-state index is 12.9. The van der Waals surface area contributed by atoms with Crippen LogP contribution in [-0.4, -0.2) is 68.6 Å². The first-order valence-corrected chi connectivity index (χ1v) is 30.4. The molecule has 0 aliphatic carbocycles. The van der Waals surface area contributed by atoms with Crippen LogP contribution in [0.25, 0.3) is 0 Å². The van der Waals surface area contributed by atoms with Crippen molar-refractivity contribution in [2.24, 2.45) is 0 Å². The van der Waals surface area contributed by atoms with Crippen molar-refractivity contribution >= 4 is 31.7 Å². The zero-order valence-electron chi connectivity index (χ0n) is 44.9. The largest absolute Gasteiger partial charge is 0.475 e. The molecule has 0 spiro atoms. The first kappa shape index (κ1) is 65.0. The Bertz CT molecular complexity index is 1240. The summed E-state index contributed by atoms with van der Waals surface area (Å²) in [6.07, 6.45) is 40.3. The Morgan fingerprint density at radius 2 is 0.638 bits per heavy atom. The molecular formula is C56H105O12P. The van der Waals surface area contributed by atoms with E-state index in [9.17, 15) is 23.7 Å². The normalized spacial score (nSPS) is 13.8. The molecule has 0 N–H and O–H groups in total. The van der Waals surface area contributed by atoms with Gasteiger partial charge in [0, 0.05) is 25.7 Å². The van der Waals surface area contributed by atoms with Crippen LogP contribution in [0.15, 0.2) is 0 Å². The maximum Gasteiger partial charge on any atom is 0.475 e. The number of phosphoric acid groups is 1. The van der Waals surface area contributed by atoms with Gasteiger partial charge in [-0.1, -0.05) is 188 Å². The second-order valence-electron chi connectivity index (χ2n) is 19.8. The van der Waals surface area contributed by atoms with E-state index in [1.54, 1.807) is 0 Å². The van der Waals surface area contributed by atoms with Gasteiger partial charge in [0.15, 0.2) is 6.10 Å². The molecule has 0 radical (unpaired) electrons. The number of phosphoric ester groups is 1. The summed E-state index contributed by atoms with van der Waals surface area (Å²) in [6, 6.07) is 0. The molecule has 0 aromatic heterocycles. The number of carbonyl (C=O) groups is 4. The fourth-order valence-corrected chi connectivity index (χ4v) is 9.96. The van der Waals surface area contributed by atoms with Crippen molar-refractivity contribution in [3.8, 4) is 0 Å². The smallest absolute Gasteiger partial charge is 0.462 e. The van der Waals surface area contributed by atoms with Gasteiger partial charge in [0.1, 0.15) is 18.8 Å². The van der Waals surface area contributed by atoms with E-state index in [2.05, 4.69) is 27.7 Å². The number of hydrogen-bond acceptors (Lipinski definition) is 12. The number of ether oxygens (including phenoxy) is 4. The zero-order chi connectivity index (χ0) is 50.3. The van der Waals surface area contributed by atoms with Crippen LogP contribution in [0, 0.1) is 0 Å². The lowest BCUT2D eigenvalue weighted by Gasteiger charge is -2.19. The quantitative estimate of drug-likeness (QED) is 0.0247. The third kappa shape index (κ3) is 41.2. The fraction of sp³-hybridized carbons (Fsp3) is 0.929. The summed E-state index contributed by atoms with van der Waals surface area (Å²) < 4.78 is 51.3. The highest BCUT2D eigenvalue weighted by molar-refractivity contribution is 7.48. The Hall–Kier alpha value is -2.01. The summed E-state index contributed by atoms with van der Waals surface area (Å²) in [6.45, 7) is 8.65. The van der Waals surface area contributed by atoms with E-state index in [0.717, 1.165) is 89.9 Å². The number of hydrogen-bond donors (Lipinski definition) is 0. The average Bonchev–Trinajstić information content (AvgIpc) is 3.78. The molecule has 1 aliphatic heterocycles. The van der Waals surface area contributed by atoms with Gasteiger partial charge in [-0.05, 0) is 77.0 Å². The van der Waals surface area contributed by atoms with Crippen LogP contribution in [0.5, 0.6) is 0 Å². The Morgan fingerprint density at radius 1 is 0.362 bits per heavy atom. The molecule has 1 atom stereocenters. The first-order valence-electron chi connectivity index (χ1n) is 28.9. The number of carbonyl (C=O) groups excluding carboxylic acids is 4. The summed E-state index contributed by atoms with van der Waals surface area (Å²) in [5.41, 5.74) is 0. The molecule has 0 amide bonds. The van der Waals surface area contributed by atoms with Gasteiger partial charge in [-0.25, -0.2) is 4.57 Å². The number of unbranched alkanes of at least 4 members (excludes halogenated alkanes) is 27. The standard InChI is InChI=1S/C56H105O12P/c1-5-9-13-17-22-30-38-50(39-31-23-18-14-10-6-2)66-54(58)43-35-26-21-27-36-45-56(60)68-52(49-65-69(61)63-46-47-64-69)48-62-53(57)42-34-28-29-37-44-55(59)67-51(40-32-24-19-15-11-7-3)41-33-25-20-16-12-8-4/h50-52H,5-49H2,1-4H3/t52-/m0/s1. The van der Waals surface area contributed by atoms with Crippen molar-refractivity contribution in [3.05, 3.63) is 0 Å². The third-order valence-corrected chi connectivity index (χ3v) is 14.6. The summed E-state index contributed by atoms with van der Waals surface area (Å²) in [7, 11) is -3.75. The van der Waals surface area contributed by atoms with Crippen LogP contribution in [0.3, 0.4) is 0 Å². The van der Waals surface area contributed by atoms with Crippen molar-refractivity contribution in [1.29, 1.82) is 0 Å². The molecule has 69 heavy (non-hydrogen) atoms. The van der Waals surface area contributed by atoms with Crippen molar-refractivity contribution in [1.82, 2.24) is 0 Å². The van der Waals surface area contributed by atoms with Crippen molar-refractivity contribution in [2.45, 2.75) is 309 Å². The molecule has 1 saturated heterocycles. The van der Waals surface area contributed by atoms with E-state index in [0.29, 0.717) is 32.1 Å². The molecule has 1 fully saturated rings. The number of esters is 4. The second-order valence-corrected chi connectivity index (χ2v) is 21.5. The van der Waals surface area contributed by atoms with Gasteiger partial charge in [0.2, 0.25) is 0 Å². The van der Waals surface area contributed by atoms with Crippen LogP contribution in [-0.2, 0) is 56.3 Å². The van der Waals surface area contributed by atoms with Crippen LogP contribution < -0.4 is 0 Å². The highest BCUT2D eigenvalue weighted by atomic mass is 31.2. The van der Waals surface area contributed by atoms with E-state index in [1.165, 1.54) is 128 Å². The van der Waals surface area contributed by atoms with Crippen LogP contribution in [0.4, 0.5) is 0 Å². The summed E-state index contributed by atoms with van der Waals surface area (Å²) >= 11 is 0. The molecule has 0 aromatic carbocycles. The number of rotatable bonds is 51. The summed E-state index contributed by atoms with van der Waals surface area (Å²) in [5, 5.41) is 0. The predicted molar refractivity (Wildman–Crippen MR) is 278 cm³/mol. The molecule has 12 nitrogen and oxygen atoms in total. The van der Waals surface area contributed by atoms with Crippen molar-refractivity contribution in [2.75, 3.05) is 26.4 Å². The van der Waals surface area contributed by atoms with Crippen LogP contribution in [0.1, 0.15) is 291 Å². The van der Waals surface area contributed by atoms with Gasteiger partial charge in [0.05, 0.1) is 19.8 Å². The van der Waals surface area contributed by atoms with Gasteiger partial charge in [0.25, 0.3) is 0 Å². The van der Waals surface area contributed by atoms with Gasteiger partial charge in [-0.15, -0.1) is 0 Å². The average molecular weight is 1000 g/mol. The lowest BCUT2D eigenvalue weighted by atomic mass is 10.0. The van der Waals surface area contributed by atoms with Crippen molar-refractivity contribution < 1.29 is 56.3 Å². The van der Waals surface area contributed by atoms with E-state index in [1.807, 2.05) is 0 Å². The minimum Gasteiger partial charge on any atom is -0.462 e. The summed E-state index contributed by atoms with van der Waals surface area (Å²) in [4.78, 5) is 51.1. The van der Waals surface area contributed by atoms with Crippen molar-refractivity contribution in [3.63, 3.8) is 0 Å². The Balaban J connectivity index is 2.40. The Labute approximate surface area is 422 Å². The van der Waals surface area contributed by atoms with E-state index < -0.39 is 25.9 Å². The van der Waals surface area contributed by atoms with E-state index in [4.69, 9.17) is 32.5 Å². The van der Waals surface area contributed by atoms with Crippen LogP contribution >= 0.6 is 7.82 Å². The highest BCUT2D eigenvalue weighted by Crippen LogP contribution is 2.52. The molecule has 0 saturated carbocycles. The molecule has 0 unspecified atom stereocenters. The summed E-state index contributed by atoms with van der Waals surface area (Å²) in [5.74, 6) is -1.12. The monoisotopic (exact) mass is 1000 g/mol. The molecule has 0 bridgehead atoms.